The molecule has 1 saturated heterocycles. The number of esters is 1. The van der Waals surface area contributed by atoms with E-state index in [0.29, 0.717) is 60.7 Å². The van der Waals surface area contributed by atoms with Crippen LogP contribution in [0.1, 0.15) is 64.3 Å². The van der Waals surface area contributed by atoms with Gasteiger partial charge in [0.15, 0.2) is 0 Å². The maximum atomic E-state index is 13.1. The summed E-state index contributed by atoms with van der Waals surface area (Å²) in [6.07, 6.45) is 3.40. The van der Waals surface area contributed by atoms with E-state index >= 15 is 0 Å². The number of aryl methyl sites for hydroxylation is 1. The van der Waals surface area contributed by atoms with E-state index in [1.54, 1.807) is 30.0 Å². The highest BCUT2D eigenvalue weighted by molar-refractivity contribution is 5.97. The lowest BCUT2D eigenvalue weighted by molar-refractivity contribution is -0.156. The van der Waals surface area contributed by atoms with E-state index < -0.39 is 5.60 Å². The van der Waals surface area contributed by atoms with Gasteiger partial charge in [0.2, 0.25) is 11.8 Å². The number of carbonyl (C=O) groups excluding carboxylic acids is 3. The summed E-state index contributed by atoms with van der Waals surface area (Å²) in [6.45, 7) is 8.09. The summed E-state index contributed by atoms with van der Waals surface area (Å²) in [4.78, 5) is 56.9. The van der Waals surface area contributed by atoms with Crippen LogP contribution in [0, 0.1) is 30.1 Å². The molecule has 39 heavy (non-hydrogen) atoms. The first-order chi connectivity index (χ1) is 18.4. The summed E-state index contributed by atoms with van der Waals surface area (Å²) in [6, 6.07) is 8.27. The van der Waals surface area contributed by atoms with Crippen molar-refractivity contribution >= 4 is 23.5 Å². The third-order valence-electron chi connectivity index (χ3n) is 6.97. The van der Waals surface area contributed by atoms with E-state index in [2.05, 4.69) is 16.4 Å². The first-order valence-corrected chi connectivity index (χ1v) is 13.4. The van der Waals surface area contributed by atoms with Crippen LogP contribution in [0.4, 0.5) is 5.69 Å². The van der Waals surface area contributed by atoms with Crippen molar-refractivity contribution in [2.45, 2.75) is 71.9 Å². The largest absolute Gasteiger partial charge is 0.460 e. The molecule has 2 fully saturated rings. The molecule has 1 aromatic carbocycles. The molecule has 10 heteroatoms. The van der Waals surface area contributed by atoms with Gasteiger partial charge in [0, 0.05) is 37.1 Å². The third-order valence-corrected chi connectivity index (χ3v) is 6.97. The van der Waals surface area contributed by atoms with Crippen LogP contribution in [0.2, 0.25) is 0 Å². The summed E-state index contributed by atoms with van der Waals surface area (Å²) >= 11 is 0. The normalized spacial score (nSPS) is 15.9. The van der Waals surface area contributed by atoms with Gasteiger partial charge < -0.3 is 15.0 Å². The van der Waals surface area contributed by atoms with Crippen molar-refractivity contribution in [3.05, 3.63) is 46.0 Å². The number of likely N-dealkylation sites (tertiary alicyclic amines) is 1. The van der Waals surface area contributed by atoms with Gasteiger partial charge in [0.25, 0.3) is 5.56 Å². The summed E-state index contributed by atoms with van der Waals surface area (Å²) in [5, 5.41) is 12.2. The second-order valence-corrected chi connectivity index (χ2v) is 11.4. The summed E-state index contributed by atoms with van der Waals surface area (Å²) in [7, 11) is 0. The molecule has 2 heterocycles. The molecule has 2 aromatic rings. The van der Waals surface area contributed by atoms with Crippen LogP contribution < -0.4 is 10.9 Å². The molecule has 2 aliphatic rings. The lowest BCUT2D eigenvalue weighted by Crippen LogP contribution is -2.42. The lowest BCUT2D eigenvalue weighted by Gasteiger charge is -2.32. The third kappa shape index (κ3) is 7.31. The van der Waals surface area contributed by atoms with E-state index in [4.69, 9.17) is 4.74 Å². The van der Waals surface area contributed by atoms with E-state index in [0.717, 1.165) is 12.8 Å². The summed E-state index contributed by atoms with van der Waals surface area (Å²) < 4.78 is 6.75. The predicted molar refractivity (Wildman–Crippen MR) is 145 cm³/mol. The molecule has 0 unspecified atom stereocenters. The van der Waals surface area contributed by atoms with Crippen LogP contribution in [0.5, 0.6) is 0 Å². The topological polar surface area (TPSA) is 134 Å². The maximum absolute atomic E-state index is 13.1. The molecule has 2 amide bonds. The zero-order valence-electron chi connectivity index (χ0n) is 23.0. The van der Waals surface area contributed by atoms with Crippen LogP contribution in [-0.4, -0.2) is 50.9 Å². The zero-order chi connectivity index (χ0) is 28.3. The van der Waals surface area contributed by atoms with Gasteiger partial charge in [-0.05, 0) is 77.5 Å². The highest BCUT2D eigenvalue weighted by Gasteiger charge is 2.30. The van der Waals surface area contributed by atoms with Crippen LogP contribution in [0.15, 0.2) is 29.1 Å². The van der Waals surface area contributed by atoms with Gasteiger partial charge in [-0.15, -0.1) is 0 Å². The fraction of sp³-hybridized carbons (Fsp3) is 0.517. The second-order valence-electron chi connectivity index (χ2n) is 11.4. The number of nitrogens with one attached hydrogen (secondary N) is 1. The molecular weight excluding hydrogens is 498 g/mol. The smallest absolute Gasteiger partial charge is 0.306 e. The quantitative estimate of drug-likeness (QED) is 0.539. The Hall–Kier alpha value is -4.00. The van der Waals surface area contributed by atoms with E-state index in [1.807, 2.05) is 20.8 Å². The number of aromatic nitrogens is 2. The fourth-order valence-corrected chi connectivity index (χ4v) is 4.71. The van der Waals surface area contributed by atoms with Gasteiger partial charge in [-0.2, -0.15) is 5.26 Å². The summed E-state index contributed by atoms with van der Waals surface area (Å²) in [5.74, 6) is -0.0123. The SMILES string of the molecule is Cc1nc(-c2ccc(C#N)cc2NC(=O)C2CC2)cc(=O)n1CC(=O)N1CCC(CC(=O)OC(C)(C)C)CC1. The minimum atomic E-state index is -0.519. The van der Waals surface area contributed by atoms with Gasteiger partial charge >= 0.3 is 5.97 Å². The number of hydrogen-bond donors (Lipinski definition) is 1. The number of anilines is 1. The molecule has 1 N–H and O–H groups in total. The number of amides is 2. The fourth-order valence-electron chi connectivity index (χ4n) is 4.71. The van der Waals surface area contributed by atoms with Crippen molar-refractivity contribution < 1.29 is 19.1 Å². The van der Waals surface area contributed by atoms with Gasteiger partial charge in [-0.3, -0.25) is 23.7 Å². The van der Waals surface area contributed by atoms with Crippen molar-refractivity contribution in [2.75, 3.05) is 18.4 Å². The second kappa shape index (κ2) is 11.4. The van der Waals surface area contributed by atoms with Crippen molar-refractivity contribution in [3.8, 4) is 17.3 Å². The Morgan fingerprint density at radius 2 is 1.82 bits per heavy atom. The Kier molecular flexibility index (Phi) is 8.19. The van der Waals surface area contributed by atoms with Crippen molar-refractivity contribution in [1.82, 2.24) is 14.5 Å². The monoisotopic (exact) mass is 533 g/mol. The average Bonchev–Trinajstić information content (AvgIpc) is 3.71. The highest BCUT2D eigenvalue weighted by atomic mass is 16.6. The number of benzene rings is 1. The van der Waals surface area contributed by atoms with Crippen molar-refractivity contribution in [3.63, 3.8) is 0 Å². The average molecular weight is 534 g/mol. The lowest BCUT2D eigenvalue weighted by atomic mass is 9.93. The van der Waals surface area contributed by atoms with Crippen molar-refractivity contribution in [1.29, 1.82) is 5.26 Å². The van der Waals surface area contributed by atoms with Gasteiger partial charge in [0.1, 0.15) is 18.0 Å². The molecule has 0 atom stereocenters. The van der Waals surface area contributed by atoms with Gasteiger partial charge in [-0.25, -0.2) is 4.98 Å². The zero-order valence-corrected chi connectivity index (χ0v) is 23.0. The summed E-state index contributed by atoms with van der Waals surface area (Å²) in [5.41, 5.74) is 0.813. The highest BCUT2D eigenvalue weighted by Crippen LogP contribution is 2.33. The van der Waals surface area contributed by atoms with Crippen LogP contribution in [-0.2, 0) is 25.7 Å². The molecule has 0 spiro atoms. The molecule has 1 aliphatic heterocycles. The van der Waals surface area contributed by atoms with Gasteiger partial charge in [0.05, 0.1) is 23.0 Å². The molecule has 206 valence electrons. The Labute approximate surface area is 228 Å². The Balaban J connectivity index is 1.43. The number of ether oxygens (including phenoxy) is 1. The molecular formula is C29H35N5O5. The molecule has 0 bridgehead atoms. The Bertz CT molecular complexity index is 1370. The van der Waals surface area contributed by atoms with Crippen LogP contribution in [0.25, 0.3) is 11.3 Å². The molecule has 4 rings (SSSR count). The van der Waals surface area contributed by atoms with Gasteiger partial charge in [-0.1, -0.05) is 0 Å². The minimum absolute atomic E-state index is 0.0281. The van der Waals surface area contributed by atoms with E-state index in [-0.39, 0.29) is 41.7 Å². The first-order valence-electron chi connectivity index (χ1n) is 13.4. The number of carbonyl (C=O) groups is 3. The Morgan fingerprint density at radius 1 is 1.13 bits per heavy atom. The van der Waals surface area contributed by atoms with Crippen LogP contribution in [0.3, 0.4) is 0 Å². The molecule has 10 nitrogen and oxygen atoms in total. The van der Waals surface area contributed by atoms with Crippen molar-refractivity contribution in [2.24, 2.45) is 11.8 Å². The number of piperidine rings is 1. The molecule has 0 radical (unpaired) electrons. The number of rotatable bonds is 7. The van der Waals surface area contributed by atoms with E-state index in [1.165, 1.54) is 10.6 Å². The first kappa shape index (κ1) is 28.0. The number of hydrogen-bond acceptors (Lipinski definition) is 7. The van der Waals surface area contributed by atoms with Crippen LogP contribution >= 0.6 is 0 Å². The predicted octanol–water partition coefficient (Wildman–Crippen LogP) is 3.41. The Morgan fingerprint density at radius 3 is 2.41 bits per heavy atom. The number of nitriles is 1. The maximum Gasteiger partial charge on any atom is 0.306 e. The van der Waals surface area contributed by atoms with E-state index in [9.17, 15) is 24.4 Å². The molecule has 1 saturated carbocycles. The minimum Gasteiger partial charge on any atom is -0.460 e. The molecule has 1 aliphatic carbocycles. The number of nitrogens with zero attached hydrogens (tertiary/aromatic N) is 4. The molecule has 1 aromatic heterocycles. The standard InChI is InChI=1S/C29H35N5O5/c1-18-31-24(22-8-5-20(16-30)13-23(22)32-28(38)21-6-7-21)15-25(35)34(18)17-26(36)33-11-9-19(10-12-33)14-27(37)39-29(2,3)4/h5,8,13,15,19,21H,6-7,9-12,14,17H2,1-4H3,(H,32,38).